The first-order valence-corrected chi connectivity index (χ1v) is 7.13. The molecule has 0 saturated heterocycles. The van der Waals surface area contributed by atoms with E-state index in [1.165, 1.54) is 0 Å². The summed E-state index contributed by atoms with van der Waals surface area (Å²) < 4.78 is 0. The number of benzene rings is 2. The maximum absolute atomic E-state index is 9.35. The summed E-state index contributed by atoms with van der Waals surface area (Å²) in [5.41, 5.74) is 10.6. The van der Waals surface area contributed by atoms with Crippen LogP contribution >= 0.6 is 0 Å². The van der Waals surface area contributed by atoms with E-state index in [4.69, 9.17) is 5.73 Å². The molecule has 3 heteroatoms. The van der Waals surface area contributed by atoms with E-state index in [1.54, 1.807) is 0 Å². The summed E-state index contributed by atoms with van der Waals surface area (Å²) in [6.45, 7) is 7.05. The van der Waals surface area contributed by atoms with Gasteiger partial charge in [0, 0.05) is 18.3 Å². The molecule has 0 aromatic heterocycles. The minimum absolute atomic E-state index is 0.292. The van der Waals surface area contributed by atoms with Crippen LogP contribution in [0.1, 0.15) is 30.5 Å². The number of anilines is 2. The van der Waals surface area contributed by atoms with Gasteiger partial charge in [0.2, 0.25) is 0 Å². The van der Waals surface area contributed by atoms with Crippen LogP contribution in [0.25, 0.3) is 0 Å². The SMILES string of the molecule is Cc1ccc(C#N)c(N(Cc2cccc(N)c2)C(C)C)c1. The molecule has 0 heterocycles. The summed E-state index contributed by atoms with van der Waals surface area (Å²) in [7, 11) is 0. The molecular formula is C18H21N3. The van der Waals surface area contributed by atoms with Gasteiger partial charge in [-0.25, -0.2) is 0 Å². The van der Waals surface area contributed by atoms with Gasteiger partial charge in [0.25, 0.3) is 0 Å². The van der Waals surface area contributed by atoms with Crippen LogP contribution in [0.2, 0.25) is 0 Å². The van der Waals surface area contributed by atoms with Crippen LogP contribution in [0.15, 0.2) is 42.5 Å². The highest BCUT2D eigenvalue weighted by atomic mass is 15.2. The fourth-order valence-corrected chi connectivity index (χ4v) is 2.41. The van der Waals surface area contributed by atoms with Crippen molar-refractivity contribution in [1.82, 2.24) is 0 Å². The van der Waals surface area contributed by atoms with Crippen molar-refractivity contribution >= 4 is 11.4 Å². The number of hydrogen-bond acceptors (Lipinski definition) is 3. The number of aryl methyl sites for hydroxylation is 1. The van der Waals surface area contributed by atoms with Gasteiger partial charge in [0.05, 0.1) is 11.3 Å². The summed E-state index contributed by atoms with van der Waals surface area (Å²) in [6, 6.07) is 16.4. The van der Waals surface area contributed by atoms with Gasteiger partial charge < -0.3 is 10.6 Å². The third-order valence-corrected chi connectivity index (χ3v) is 3.51. The maximum Gasteiger partial charge on any atom is 0.101 e. The van der Waals surface area contributed by atoms with Crippen molar-refractivity contribution in [3.63, 3.8) is 0 Å². The number of nitrogen functional groups attached to an aromatic ring is 1. The Bertz CT molecular complexity index is 668. The molecule has 0 radical (unpaired) electrons. The zero-order valence-electron chi connectivity index (χ0n) is 12.8. The van der Waals surface area contributed by atoms with Crippen molar-refractivity contribution in [3.05, 3.63) is 59.2 Å². The highest BCUT2D eigenvalue weighted by molar-refractivity contribution is 5.61. The molecular weight excluding hydrogens is 258 g/mol. The third kappa shape index (κ3) is 3.55. The van der Waals surface area contributed by atoms with Gasteiger partial charge in [-0.1, -0.05) is 18.2 Å². The molecule has 0 spiro atoms. The van der Waals surface area contributed by atoms with Crippen molar-refractivity contribution in [3.8, 4) is 6.07 Å². The molecule has 0 atom stereocenters. The molecule has 2 N–H and O–H groups in total. The lowest BCUT2D eigenvalue weighted by atomic mass is 10.1. The van der Waals surface area contributed by atoms with Crippen molar-refractivity contribution in [2.45, 2.75) is 33.4 Å². The Kier molecular flexibility index (Phi) is 4.49. The van der Waals surface area contributed by atoms with Gasteiger partial charge in [0.15, 0.2) is 0 Å². The van der Waals surface area contributed by atoms with Crippen LogP contribution in [0.4, 0.5) is 11.4 Å². The highest BCUT2D eigenvalue weighted by Gasteiger charge is 2.15. The lowest BCUT2D eigenvalue weighted by Gasteiger charge is -2.30. The standard InChI is InChI=1S/C18H21N3/c1-13(2)21(12-15-5-4-6-17(20)10-15)18-9-14(3)7-8-16(18)11-19/h4-10,13H,12,20H2,1-3H3. The Morgan fingerprint density at radius 2 is 1.95 bits per heavy atom. The van der Waals surface area contributed by atoms with Gasteiger partial charge in [-0.2, -0.15) is 5.26 Å². The van der Waals surface area contributed by atoms with E-state index >= 15 is 0 Å². The van der Waals surface area contributed by atoms with E-state index in [-0.39, 0.29) is 0 Å². The first kappa shape index (κ1) is 14.9. The summed E-state index contributed by atoms with van der Waals surface area (Å²) in [5, 5.41) is 9.35. The molecule has 0 aliphatic rings. The number of hydrogen-bond donors (Lipinski definition) is 1. The van der Waals surface area contributed by atoms with Crippen LogP contribution in [0.5, 0.6) is 0 Å². The number of nitrogens with zero attached hydrogens (tertiary/aromatic N) is 2. The molecule has 0 aliphatic carbocycles. The van der Waals surface area contributed by atoms with Crippen LogP contribution in [-0.4, -0.2) is 6.04 Å². The average molecular weight is 279 g/mol. The molecule has 2 aromatic rings. The molecule has 2 rings (SSSR count). The third-order valence-electron chi connectivity index (χ3n) is 3.51. The summed E-state index contributed by atoms with van der Waals surface area (Å²) in [6.07, 6.45) is 0. The van der Waals surface area contributed by atoms with Crippen molar-refractivity contribution in [1.29, 1.82) is 5.26 Å². The molecule has 3 nitrogen and oxygen atoms in total. The quantitative estimate of drug-likeness (QED) is 0.864. The second kappa shape index (κ2) is 6.32. The van der Waals surface area contributed by atoms with E-state index in [9.17, 15) is 5.26 Å². The fraction of sp³-hybridized carbons (Fsp3) is 0.278. The summed E-state index contributed by atoms with van der Waals surface area (Å²) >= 11 is 0. The molecule has 0 fully saturated rings. The molecule has 0 unspecified atom stereocenters. The van der Waals surface area contributed by atoms with Crippen molar-refractivity contribution < 1.29 is 0 Å². The lowest BCUT2D eigenvalue weighted by Crippen LogP contribution is -2.30. The normalized spacial score (nSPS) is 10.4. The van der Waals surface area contributed by atoms with E-state index in [0.717, 1.165) is 29.0 Å². The van der Waals surface area contributed by atoms with Crippen molar-refractivity contribution in [2.75, 3.05) is 10.6 Å². The predicted octanol–water partition coefficient (Wildman–Crippen LogP) is 3.86. The molecule has 21 heavy (non-hydrogen) atoms. The number of rotatable bonds is 4. The van der Waals surface area contributed by atoms with Gasteiger partial charge in [-0.15, -0.1) is 0 Å². The number of nitriles is 1. The fourth-order valence-electron chi connectivity index (χ4n) is 2.41. The van der Waals surface area contributed by atoms with E-state index in [2.05, 4.69) is 36.9 Å². The first-order valence-electron chi connectivity index (χ1n) is 7.13. The molecule has 2 aromatic carbocycles. The van der Waals surface area contributed by atoms with Gasteiger partial charge in [-0.05, 0) is 56.2 Å². The Morgan fingerprint density at radius 3 is 2.57 bits per heavy atom. The zero-order chi connectivity index (χ0) is 15.4. The maximum atomic E-state index is 9.35. The van der Waals surface area contributed by atoms with E-state index in [1.807, 2.05) is 37.3 Å². The highest BCUT2D eigenvalue weighted by Crippen LogP contribution is 2.26. The largest absolute Gasteiger partial charge is 0.399 e. The average Bonchev–Trinajstić information content (AvgIpc) is 2.44. The molecule has 108 valence electrons. The monoisotopic (exact) mass is 279 g/mol. The zero-order valence-corrected chi connectivity index (χ0v) is 12.8. The van der Waals surface area contributed by atoms with Crippen LogP contribution in [0, 0.1) is 18.3 Å². The summed E-state index contributed by atoms with van der Waals surface area (Å²) in [4.78, 5) is 2.24. The second-order valence-electron chi connectivity index (χ2n) is 5.60. The number of nitrogens with two attached hydrogens (primary N) is 1. The predicted molar refractivity (Wildman–Crippen MR) is 88.1 cm³/mol. The van der Waals surface area contributed by atoms with Crippen LogP contribution < -0.4 is 10.6 Å². The molecule has 0 saturated carbocycles. The topological polar surface area (TPSA) is 53.0 Å². The van der Waals surface area contributed by atoms with Crippen LogP contribution in [-0.2, 0) is 6.54 Å². The summed E-state index contributed by atoms with van der Waals surface area (Å²) in [5.74, 6) is 0. The minimum Gasteiger partial charge on any atom is -0.399 e. The lowest BCUT2D eigenvalue weighted by molar-refractivity contribution is 0.681. The van der Waals surface area contributed by atoms with E-state index in [0.29, 0.717) is 11.6 Å². The molecule has 0 amide bonds. The first-order chi connectivity index (χ1) is 10.0. The minimum atomic E-state index is 0.292. The molecule has 0 bridgehead atoms. The van der Waals surface area contributed by atoms with Crippen molar-refractivity contribution in [2.24, 2.45) is 0 Å². The second-order valence-corrected chi connectivity index (χ2v) is 5.60. The van der Waals surface area contributed by atoms with E-state index < -0.39 is 0 Å². The Morgan fingerprint density at radius 1 is 1.19 bits per heavy atom. The van der Waals surface area contributed by atoms with Gasteiger partial charge in [0.1, 0.15) is 6.07 Å². The molecule has 0 aliphatic heterocycles. The van der Waals surface area contributed by atoms with Gasteiger partial charge in [-0.3, -0.25) is 0 Å². The van der Waals surface area contributed by atoms with Crippen LogP contribution in [0.3, 0.4) is 0 Å². The van der Waals surface area contributed by atoms with Gasteiger partial charge >= 0.3 is 0 Å². The Hall–Kier alpha value is -2.47. The Balaban J connectivity index is 2.40. The Labute approximate surface area is 126 Å². The smallest absolute Gasteiger partial charge is 0.101 e.